The molecule has 31 heavy (non-hydrogen) atoms. The van der Waals surface area contributed by atoms with E-state index in [0.29, 0.717) is 50.1 Å². The second-order valence-corrected chi connectivity index (χ2v) is 8.56. The van der Waals surface area contributed by atoms with Crippen LogP contribution in [0.3, 0.4) is 0 Å². The number of H-pyrrole nitrogens is 1. The minimum atomic E-state index is -0.271. The number of aromatic nitrogens is 6. The summed E-state index contributed by atoms with van der Waals surface area (Å²) >= 11 is 9.11. The average Bonchev–Trinajstić information content (AvgIpc) is 3.53. The molecule has 0 amide bonds. The fourth-order valence-electron chi connectivity index (χ4n) is 2.94. The van der Waals surface area contributed by atoms with Crippen molar-refractivity contribution in [2.45, 2.75) is 10.9 Å². The Bertz CT molecular complexity index is 1430. The van der Waals surface area contributed by atoms with Crippen molar-refractivity contribution in [2.75, 3.05) is 7.11 Å². The van der Waals surface area contributed by atoms with Crippen molar-refractivity contribution in [3.8, 4) is 22.1 Å². The molecule has 0 radical (unpaired) electrons. The highest BCUT2D eigenvalue weighted by atomic mass is 35.5. The van der Waals surface area contributed by atoms with Crippen molar-refractivity contribution in [1.29, 1.82) is 0 Å². The lowest BCUT2D eigenvalue weighted by Gasteiger charge is -2.12. The normalized spacial score (nSPS) is 11.3. The van der Waals surface area contributed by atoms with E-state index in [2.05, 4.69) is 25.3 Å². The molecule has 0 atom stereocenters. The van der Waals surface area contributed by atoms with Crippen LogP contribution in [0.4, 0.5) is 0 Å². The molecule has 0 fully saturated rings. The number of rotatable bonds is 6. The predicted molar refractivity (Wildman–Crippen MR) is 118 cm³/mol. The lowest BCUT2D eigenvalue weighted by Crippen LogP contribution is -2.21. The standard InChI is InChI=1S/C19H13ClN6O3S2/c1-28-13-5-4-10(7-12(13)20)26-18(27)11-8-21-24-16(11)23-19(26)31-9-15-22-17(25-29-15)14-3-2-6-30-14/h2-8H,9H2,1H3,(H,21,24). The molecule has 0 unspecified atom stereocenters. The van der Waals surface area contributed by atoms with Gasteiger partial charge in [0, 0.05) is 0 Å². The fraction of sp³-hybridized carbons (Fsp3) is 0.105. The van der Waals surface area contributed by atoms with Crippen molar-refractivity contribution >= 4 is 45.7 Å². The molecule has 156 valence electrons. The Morgan fingerprint density at radius 1 is 1.32 bits per heavy atom. The second-order valence-electron chi connectivity index (χ2n) is 6.26. The van der Waals surface area contributed by atoms with Gasteiger partial charge >= 0.3 is 0 Å². The Labute approximate surface area is 188 Å². The van der Waals surface area contributed by atoms with Gasteiger partial charge in [0.2, 0.25) is 11.7 Å². The van der Waals surface area contributed by atoms with Crippen molar-refractivity contribution < 1.29 is 9.26 Å². The highest BCUT2D eigenvalue weighted by Crippen LogP contribution is 2.30. The van der Waals surface area contributed by atoms with Crippen molar-refractivity contribution in [3.63, 3.8) is 0 Å². The van der Waals surface area contributed by atoms with Crippen LogP contribution in [0, 0.1) is 0 Å². The SMILES string of the molecule is COc1ccc(-n2c(SCc3nc(-c4cccs4)no3)nc3[nH]ncc3c2=O)cc1Cl. The van der Waals surface area contributed by atoms with E-state index in [0.717, 1.165) is 4.88 Å². The molecule has 0 aliphatic heterocycles. The second kappa shape index (κ2) is 8.17. The molecule has 5 rings (SSSR count). The van der Waals surface area contributed by atoms with Gasteiger partial charge in [-0.3, -0.25) is 14.5 Å². The molecule has 1 N–H and O–H groups in total. The summed E-state index contributed by atoms with van der Waals surface area (Å²) in [7, 11) is 1.53. The van der Waals surface area contributed by atoms with E-state index in [1.54, 1.807) is 18.2 Å². The molecule has 0 saturated heterocycles. The van der Waals surface area contributed by atoms with Gasteiger partial charge in [-0.15, -0.1) is 11.3 Å². The van der Waals surface area contributed by atoms with Gasteiger partial charge in [0.15, 0.2) is 10.8 Å². The van der Waals surface area contributed by atoms with Gasteiger partial charge in [-0.1, -0.05) is 34.6 Å². The van der Waals surface area contributed by atoms with Gasteiger partial charge in [-0.25, -0.2) is 4.98 Å². The largest absolute Gasteiger partial charge is 0.495 e. The molecule has 4 aromatic heterocycles. The van der Waals surface area contributed by atoms with Crippen LogP contribution >= 0.6 is 34.7 Å². The first-order chi connectivity index (χ1) is 15.1. The molecule has 1 aromatic carbocycles. The van der Waals surface area contributed by atoms with Gasteiger partial charge in [0.05, 0.1) is 34.6 Å². The van der Waals surface area contributed by atoms with Gasteiger partial charge < -0.3 is 9.26 Å². The third-order valence-electron chi connectivity index (χ3n) is 4.38. The molecule has 5 aromatic rings. The van der Waals surface area contributed by atoms with Crippen LogP contribution in [-0.4, -0.2) is 37.0 Å². The third kappa shape index (κ3) is 3.71. The van der Waals surface area contributed by atoms with Gasteiger partial charge in [0.25, 0.3) is 5.56 Å². The minimum Gasteiger partial charge on any atom is -0.495 e. The molecule has 0 aliphatic rings. The zero-order chi connectivity index (χ0) is 21.4. The van der Waals surface area contributed by atoms with Crippen molar-refractivity contribution in [1.82, 2.24) is 29.9 Å². The number of halogens is 1. The number of nitrogens with one attached hydrogen (secondary N) is 1. The maximum atomic E-state index is 13.2. The number of aromatic amines is 1. The molecule has 9 nitrogen and oxygen atoms in total. The monoisotopic (exact) mass is 472 g/mol. The van der Waals surface area contributed by atoms with E-state index in [-0.39, 0.29) is 5.56 Å². The lowest BCUT2D eigenvalue weighted by atomic mass is 10.3. The Balaban J connectivity index is 1.53. The molecule has 0 spiro atoms. The fourth-order valence-corrected chi connectivity index (χ4v) is 4.68. The number of methoxy groups -OCH3 is 1. The first-order valence-corrected chi connectivity index (χ1v) is 11.2. The van der Waals surface area contributed by atoms with Crippen LogP contribution in [0.25, 0.3) is 27.4 Å². The van der Waals surface area contributed by atoms with E-state index in [1.807, 2.05) is 17.5 Å². The van der Waals surface area contributed by atoms with Crippen LogP contribution in [0.15, 0.2) is 56.4 Å². The Hall–Kier alpha value is -3.15. The number of ether oxygens (including phenoxy) is 1. The lowest BCUT2D eigenvalue weighted by molar-refractivity contribution is 0.391. The van der Waals surface area contributed by atoms with E-state index < -0.39 is 0 Å². The summed E-state index contributed by atoms with van der Waals surface area (Å²) in [5.41, 5.74) is 0.680. The first kappa shape index (κ1) is 19.8. The summed E-state index contributed by atoms with van der Waals surface area (Å²) in [6, 6.07) is 8.94. The third-order valence-corrected chi connectivity index (χ3v) is 6.46. The Morgan fingerprint density at radius 3 is 3.00 bits per heavy atom. The summed E-state index contributed by atoms with van der Waals surface area (Å²) in [4.78, 5) is 23.1. The summed E-state index contributed by atoms with van der Waals surface area (Å²) < 4.78 is 12.0. The van der Waals surface area contributed by atoms with Gasteiger partial charge in [-0.05, 0) is 29.6 Å². The maximum absolute atomic E-state index is 13.2. The highest BCUT2D eigenvalue weighted by Gasteiger charge is 2.18. The quantitative estimate of drug-likeness (QED) is 0.289. The van der Waals surface area contributed by atoms with Crippen molar-refractivity contribution in [2.24, 2.45) is 0 Å². The summed E-state index contributed by atoms with van der Waals surface area (Å²) in [6.45, 7) is 0. The molecule has 4 heterocycles. The van der Waals surface area contributed by atoms with Gasteiger partial charge in [-0.2, -0.15) is 10.1 Å². The number of hydrogen-bond donors (Lipinski definition) is 1. The Morgan fingerprint density at radius 2 is 2.23 bits per heavy atom. The zero-order valence-corrected chi connectivity index (χ0v) is 18.3. The van der Waals surface area contributed by atoms with Crippen molar-refractivity contribution in [3.05, 3.63) is 63.2 Å². The number of fused-ring (bicyclic) bond motifs is 1. The van der Waals surface area contributed by atoms with Crippen LogP contribution in [0.2, 0.25) is 5.02 Å². The summed E-state index contributed by atoms with van der Waals surface area (Å²) in [5, 5.41) is 13.8. The molecule has 0 aliphatic carbocycles. The molecular weight excluding hydrogens is 460 g/mol. The van der Waals surface area contributed by atoms with Gasteiger partial charge in [0.1, 0.15) is 11.1 Å². The van der Waals surface area contributed by atoms with E-state index in [9.17, 15) is 4.79 Å². The van der Waals surface area contributed by atoms with E-state index in [4.69, 9.17) is 20.9 Å². The number of nitrogens with zero attached hydrogens (tertiary/aromatic N) is 5. The van der Waals surface area contributed by atoms with Crippen LogP contribution in [-0.2, 0) is 5.75 Å². The summed E-state index contributed by atoms with van der Waals surface area (Å²) in [5.74, 6) is 1.79. The molecule has 0 bridgehead atoms. The maximum Gasteiger partial charge on any atom is 0.269 e. The predicted octanol–water partition coefficient (Wildman–Crippen LogP) is 4.17. The highest BCUT2D eigenvalue weighted by molar-refractivity contribution is 7.98. The zero-order valence-electron chi connectivity index (χ0n) is 15.9. The number of thiophene rings is 1. The van der Waals surface area contributed by atoms with E-state index >= 15 is 0 Å². The Kier molecular flexibility index (Phi) is 5.22. The molecule has 12 heteroatoms. The topological polar surface area (TPSA) is 112 Å². The summed E-state index contributed by atoms with van der Waals surface area (Å²) in [6.07, 6.45) is 1.45. The number of hydrogen-bond acceptors (Lipinski definition) is 9. The average molecular weight is 473 g/mol. The smallest absolute Gasteiger partial charge is 0.269 e. The number of thioether (sulfide) groups is 1. The first-order valence-electron chi connectivity index (χ1n) is 8.93. The minimum absolute atomic E-state index is 0.271. The van der Waals surface area contributed by atoms with Crippen LogP contribution in [0.5, 0.6) is 5.75 Å². The molecule has 0 saturated carbocycles. The molecular formula is C19H13ClN6O3S2. The van der Waals surface area contributed by atoms with E-state index in [1.165, 1.54) is 41.0 Å². The van der Waals surface area contributed by atoms with Crippen LogP contribution < -0.4 is 10.3 Å². The van der Waals surface area contributed by atoms with Crippen LogP contribution in [0.1, 0.15) is 5.89 Å². The number of benzene rings is 1.